The van der Waals surface area contributed by atoms with Crippen molar-refractivity contribution in [2.45, 2.75) is 19.0 Å². The Morgan fingerprint density at radius 2 is 1.63 bits per heavy atom. The Balaban J connectivity index is 0.000000396. The van der Waals surface area contributed by atoms with Crippen molar-refractivity contribution in [3.63, 3.8) is 0 Å². The second-order valence-corrected chi connectivity index (χ2v) is 6.09. The minimum absolute atomic E-state index is 0.121. The Labute approximate surface area is 168 Å². The molecule has 1 aliphatic heterocycles. The maximum Gasteiger partial charge on any atom is 0.490 e. The lowest BCUT2D eigenvalue weighted by atomic mass is 10.1. The first kappa shape index (κ1) is 22.7. The minimum Gasteiger partial charge on any atom is -0.475 e. The number of amides is 2. The number of carboxylic acids is 1. The van der Waals surface area contributed by atoms with Crippen LogP contribution in [0.25, 0.3) is 17.3 Å². The van der Waals surface area contributed by atoms with Gasteiger partial charge in [-0.3, -0.25) is 19.5 Å². The van der Waals surface area contributed by atoms with Gasteiger partial charge in [-0.05, 0) is 35.9 Å². The molecule has 0 saturated carbocycles. The Morgan fingerprint density at radius 3 is 2.10 bits per heavy atom. The van der Waals surface area contributed by atoms with Crippen molar-refractivity contribution in [1.82, 2.24) is 9.88 Å². The number of rotatable bonds is 4. The van der Waals surface area contributed by atoms with Crippen LogP contribution in [-0.4, -0.2) is 45.5 Å². The van der Waals surface area contributed by atoms with Crippen LogP contribution in [0.2, 0.25) is 0 Å². The number of likely N-dealkylation sites (tertiary alicyclic amines) is 1. The second-order valence-electron chi connectivity index (χ2n) is 6.09. The van der Waals surface area contributed by atoms with Crippen molar-refractivity contribution in [2.24, 2.45) is 0 Å². The van der Waals surface area contributed by atoms with Crippen LogP contribution >= 0.6 is 0 Å². The van der Waals surface area contributed by atoms with Gasteiger partial charge >= 0.3 is 12.1 Å². The van der Waals surface area contributed by atoms with Gasteiger partial charge in [0.15, 0.2) is 0 Å². The van der Waals surface area contributed by atoms with Gasteiger partial charge in [0, 0.05) is 31.1 Å². The van der Waals surface area contributed by atoms with Crippen LogP contribution in [0.3, 0.4) is 0 Å². The molecule has 1 fully saturated rings. The molecule has 2 amide bonds. The first-order chi connectivity index (χ1) is 14.1. The number of hydrogen-bond donors (Lipinski definition) is 1. The van der Waals surface area contributed by atoms with Crippen molar-refractivity contribution in [3.8, 4) is 11.3 Å². The predicted octanol–water partition coefficient (Wildman–Crippen LogP) is 3.68. The molecule has 0 bridgehead atoms. The molecule has 10 heteroatoms. The largest absolute Gasteiger partial charge is 0.490 e. The number of aliphatic carboxylic acids is 1. The molecule has 0 radical (unpaired) electrons. The molecule has 1 aromatic heterocycles. The number of carbonyl (C=O) groups excluding carboxylic acids is 2. The molecule has 3 rings (SSSR count). The van der Waals surface area contributed by atoms with Crippen molar-refractivity contribution in [3.05, 3.63) is 60.1 Å². The average Bonchev–Trinajstić information content (AvgIpc) is 3.01. The molecule has 0 aliphatic carbocycles. The Bertz CT molecular complexity index is 923. The normalized spacial score (nSPS) is 14.1. The standard InChI is InChI=1S/C18H15FN2O2.C2HF3O2/c19-15-6-4-14(5-7-15)16-8-3-13(12-20-16)2-1-11-21-17(22)9-10-18(21)23;3-2(4,5)1(6)7/h1-8,12H,9-11H2;(H,6,7). The molecule has 1 saturated heterocycles. The highest BCUT2D eigenvalue weighted by Gasteiger charge is 2.38. The van der Waals surface area contributed by atoms with E-state index in [9.17, 15) is 27.2 Å². The van der Waals surface area contributed by atoms with Gasteiger partial charge in [-0.25, -0.2) is 9.18 Å². The van der Waals surface area contributed by atoms with E-state index in [1.54, 1.807) is 24.4 Å². The van der Waals surface area contributed by atoms with Gasteiger partial charge in [0.1, 0.15) is 5.82 Å². The van der Waals surface area contributed by atoms with Crippen LogP contribution in [0.15, 0.2) is 48.7 Å². The number of benzene rings is 1. The van der Waals surface area contributed by atoms with Crippen molar-refractivity contribution in [1.29, 1.82) is 0 Å². The monoisotopic (exact) mass is 424 g/mol. The summed E-state index contributed by atoms with van der Waals surface area (Å²) in [6.07, 6.45) is 0.819. The molecule has 1 aromatic carbocycles. The van der Waals surface area contributed by atoms with E-state index in [0.717, 1.165) is 16.8 Å². The van der Waals surface area contributed by atoms with Crippen LogP contribution in [0.5, 0.6) is 0 Å². The van der Waals surface area contributed by atoms with E-state index in [2.05, 4.69) is 4.98 Å². The molecule has 6 nitrogen and oxygen atoms in total. The first-order valence-corrected chi connectivity index (χ1v) is 8.60. The van der Waals surface area contributed by atoms with E-state index in [0.29, 0.717) is 12.8 Å². The smallest absolute Gasteiger partial charge is 0.475 e. The number of pyridine rings is 1. The Morgan fingerprint density at radius 1 is 1.07 bits per heavy atom. The van der Waals surface area contributed by atoms with E-state index in [4.69, 9.17) is 9.90 Å². The molecule has 0 unspecified atom stereocenters. The minimum atomic E-state index is -5.08. The average molecular weight is 424 g/mol. The van der Waals surface area contributed by atoms with Crippen LogP contribution in [0.1, 0.15) is 18.4 Å². The highest BCUT2D eigenvalue weighted by molar-refractivity contribution is 6.02. The summed E-state index contributed by atoms with van der Waals surface area (Å²) in [4.78, 5) is 37.5. The fraction of sp³-hybridized carbons (Fsp3) is 0.200. The van der Waals surface area contributed by atoms with Gasteiger partial charge in [-0.15, -0.1) is 0 Å². The molecular weight excluding hydrogens is 408 g/mol. The summed E-state index contributed by atoms with van der Waals surface area (Å²) in [5.74, 6) is -3.28. The number of halogens is 4. The lowest BCUT2D eigenvalue weighted by Crippen LogP contribution is -2.28. The second kappa shape index (κ2) is 9.77. The summed E-state index contributed by atoms with van der Waals surface area (Å²) in [5.41, 5.74) is 2.47. The quantitative estimate of drug-likeness (QED) is 0.598. The van der Waals surface area contributed by atoms with E-state index < -0.39 is 12.1 Å². The van der Waals surface area contributed by atoms with Gasteiger partial charge < -0.3 is 5.11 Å². The zero-order chi connectivity index (χ0) is 22.3. The van der Waals surface area contributed by atoms with Gasteiger partial charge in [-0.2, -0.15) is 13.2 Å². The number of carboxylic acid groups (broad SMARTS) is 1. The molecule has 158 valence electrons. The van der Waals surface area contributed by atoms with E-state index in [-0.39, 0.29) is 24.2 Å². The number of hydrogen-bond acceptors (Lipinski definition) is 4. The number of nitrogens with zero attached hydrogens (tertiary/aromatic N) is 2. The molecule has 1 N–H and O–H groups in total. The molecule has 2 aromatic rings. The fourth-order valence-corrected chi connectivity index (χ4v) is 2.42. The lowest BCUT2D eigenvalue weighted by molar-refractivity contribution is -0.192. The van der Waals surface area contributed by atoms with Crippen LogP contribution in [0.4, 0.5) is 17.6 Å². The number of carbonyl (C=O) groups is 3. The number of imide groups is 1. The summed E-state index contributed by atoms with van der Waals surface area (Å²) in [6, 6.07) is 9.88. The van der Waals surface area contributed by atoms with Crippen LogP contribution < -0.4 is 0 Å². The van der Waals surface area contributed by atoms with Crippen molar-refractivity contribution < 1.29 is 37.1 Å². The number of aromatic nitrogens is 1. The maximum absolute atomic E-state index is 12.9. The summed E-state index contributed by atoms with van der Waals surface area (Å²) in [6.45, 7) is 0.289. The third kappa shape index (κ3) is 6.50. The highest BCUT2D eigenvalue weighted by atomic mass is 19.4. The predicted molar refractivity (Wildman–Crippen MR) is 98.3 cm³/mol. The van der Waals surface area contributed by atoms with E-state index >= 15 is 0 Å². The molecule has 2 heterocycles. The Hall–Kier alpha value is -3.56. The molecule has 0 spiro atoms. The number of alkyl halides is 3. The van der Waals surface area contributed by atoms with Gasteiger partial charge in [0.25, 0.3) is 0 Å². The van der Waals surface area contributed by atoms with Crippen molar-refractivity contribution >= 4 is 23.9 Å². The molecule has 30 heavy (non-hydrogen) atoms. The van der Waals surface area contributed by atoms with Crippen LogP contribution in [0, 0.1) is 5.82 Å². The zero-order valence-corrected chi connectivity index (χ0v) is 15.4. The van der Waals surface area contributed by atoms with Gasteiger partial charge in [-0.1, -0.05) is 18.2 Å². The Kier molecular flexibility index (Phi) is 7.40. The fourth-order valence-electron chi connectivity index (χ4n) is 2.42. The summed E-state index contributed by atoms with van der Waals surface area (Å²) < 4.78 is 44.6. The van der Waals surface area contributed by atoms with E-state index in [1.807, 2.05) is 18.2 Å². The molecule has 1 aliphatic rings. The maximum atomic E-state index is 12.9. The van der Waals surface area contributed by atoms with Crippen molar-refractivity contribution in [2.75, 3.05) is 6.54 Å². The summed E-state index contributed by atoms with van der Waals surface area (Å²) in [7, 11) is 0. The third-order valence-corrected chi connectivity index (χ3v) is 3.92. The summed E-state index contributed by atoms with van der Waals surface area (Å²) in [5, 5.41) is 7.12. The SMILES string of the molecule is O=C(O)C(F)(F)F.O=C1CCC(=O)N1CC=Cc1ccc(-c2ccc(F)cc2)nc1. The molecule has 0 atom stereocenters. The van der Waals surface area contributed by atoms with Crippen LogP contribution in [-0.2, 0) is 14.4 Å². The zero-order valence-electron chi connectivity index (χ0n) is 15.4. The topological polar surface area (TPSA) is 87.6 Å². The first-order valence-electron chi connectivity index (χ1n) is 8.60. The third-order valence-electron chi connectivity index (χ3n) is 3.92. The van der Waals surface area contributed by atoms with Gasteiger partial charge in [0.2, 0.25) is 11.8 Å². The lowest BCUT2D eigenvalue weighted by Gasteiger charge is -2.09. The van der Waals surface area contributed by atoms with Gasteiger partial charge in [0.05, 0.1) is 5.69 Å². The van der Waals surface area contributed by atoms with E-state index in [1.165, 1.54) is 17.0 Å². The summed E-state index contributed by atoms with van der Waals surface area (Å²) >= 11 is 0. The molecular formula is C20H16F4N2O4. The highest BCUT2D eigenvalue weighted by Crippen LogP contribution is 2.18.